The molecule has 0 aliphatic carbocycles. The molecule has 1 amide bonds. The lowest BCUT2D eigenvalue weighted by Crippen LogP contribution is -2.28. The van der Waals surface area contributed by atoms with Crippen LogP contribution in [0.4, 0.5) is 0 Å². The van der Waals surface area contributed by atoms with E-state index in [1.165, 1.54) is 0 Å². The second-order valence-electron chi connectivity index (χ2n) is 5.00. The van der Waals surface area contributed by atoms with Crippen molar-refractivity contribution in [1.82, 2.24) is 14.7 Å². The van der Waals surface area contributed by atoms with Gasteiger partial charge in [-0.3, -0.25) is 4.79 Å². The van der Waals surface area contributed by atoms with E-state index in [9.17, 15) is 9.90 Å². The minimum Gasteiger partial charge on any atom is -0.504 e. The van der Waals surface area contributed by atoms with Crippen LogP contribution in [0.2, 0.25) is 10.0 Å². The highest BCUT2D eigenvalue weighted by Gasteiger charge is 2.09. The molecule has 0 fully saturated rings. The van der Waals surface area contributed by atoms with Gasteiger partial charge in [0.25, 0.3) is 5.91 Å². The minimum atomic E-state index is -0.317. The molecule has 0 unspecified atom stereocenters. The first-order valence-corrected chi connectivity index (χ1v) is 7.78. The van der Waals surface area contributed by atoms with Gasteiger partial charge in [0.1, 0.15) is 5.75 Å². The highest BCUT2D eigenvalue weighted by molar-refractivity contribution is 6.35. The van der Waals surface area contributed by atoms with E-state index in [2.05, 4.69) is 10.3 Å². The first-order chi connectivity index (χ1) is 11.5. The SMILES string of the molecule is O=C(COc1ccc(Cl)cc1Cl)NCc1cn2cccc(O)c2n1. The summed E-state index contributed by atoms with van der Waals surface area (Å²) in [4.78, 5) is 16.1. The molecule has 2 N–H and O–H groups in total. The number of aromatic nitrogens is 2. The molecule has 124 valence electrons. The van der Waals surface area contributed by atoms with Crippen LogP contribution in [0.5, 0.6) is 11.5 Å². The first kappa shape index (κ1) is 16.4. The molecule has 0 radical (unpaired) electrons. The van der Waals surface area contributed by atoms with E-state index in [-0.39, 0.29) is 24.8 Å². The Kier molecular flexibility index (Phi) is 4.78. The number of carbonyl (C=O) groups excluding carboxylic acids is 1. The predicted octanol–water partition coefficient (Wildman–Crippen LogP) is 3.04. The number of ether oxygens (including phenoxy) is 1. The van der Waals surface area contributed by atoms with Crippen LogP contribution in [0.3, 0.4) is 0 Å². The number of imidazole rings is 1. The highest BCUT2D eigenvalue weighted by Crippen LogP contribution is 2.27. The Morgan fingerprint density at radius 3 is 2.92 bits per heavy atom. The summed E-state index contributed by atoms with van der Waals surface area (Å²) in [7, 11) is 0. The van der Waals surface area contributed by atoms with Gasteiger partial charge in [0.15, 0.2) is 18.0 Å². The molecular weight excluding hydrogens is 353 g/mol. The average Bonchev–Trinajstić information content (AvgIpc) is 2.97. The summed E-state index contributed by atoms with van der Waals surface area (Å²) >= 11 is 11.8. The van der Waals surface area contributed by atoms with Crippen molar-refractivity contribution < 1.29 is 14.6 Å². The topological polar surface area (TPSA) is 75.9 Å². The van der Waals surface area contributed by atoms with Crippen LogP contribution < -0.4 is 10.1 Å². The predicted molar refractivity (Wildman–Crippen MR) is 90.7 cm³/mol. The lowest BCUT2D eigenvalue weighted by atomic mass is 10.3. The Morgan fingerprint density at radius 1 is 1.33 bits per heavy atom. The molecule has 2 heterocycles. The van der Waals surface area contributed by atoms with Crippen molar-refractivity contribution in [2.75, 3.05) is 6.61 Å². The Labute approximate surface area is 147 Å². The summed E-state index contributed by atoms with van der Waals surface area (Å²) in [6, 6.07) is 8.02. The van der Waals surface area contributed by atoms with Crippen molar-refractivity contribution in [3.05, 3.63) is 58.5 Å². The Hall–Kier alpha value is -2.44. The number of pyridine rings is 1. The maximum Gasteiger partial charge on any atom is 0.258 e. The number of carbonyl (C=O) groups is 1. The number of aromatic hydroxyl groups is 1. The monoisotopic (exact) mass is 365 g/mol. The third kappa shape index (κ3) is 3.72. The first-order valence-electron chi connectivity index (χ1n) is 7.03. The van der Waals surface area contributed by atoms with Crippen molar-refractivity contribution in [1.29, 1.82) is 0 Å². The maximum absolute atomic E-state index is 11.9. The summed E-state index contributed by atoms with van der Waals surface area (Å²) in [6.45, 7) is 0.0393. The molecular formula is C16H13Cl2N3O3. The number of hydrogen-bond donors (Lipinski definition) is 2. The second-order valence-corrected chi connectivity index (χ2v) is 5.84. The zero-order chi connectivity index (χ0) is 17.1. The second kappa shape index (κ2) is 6.98. The van der Waals surface area contributed by atoms with Crippen LogP contribution in [0.25, 0.3) is 5.65 Å². The van der Waals surface area contributed by atoms with E-state index >= 15 is 0 Å². The Balaban J connectivity index is 1.56. The van der Waals surface area contributed by atoms with Gasteiger partial charge in [-0.25, -0.2) is 4.98 Å². The van der Waals surface area contributed by atoms with Crippen molar-refractivity contribution in [2.45, 2.75) is 6.54 Å². The lowest BCUT2D eigenvalue weighted by Gasteiger charge is -2.08. The molecule has 3 aromatic rings. The summed E-state index contributed by atoms with van der Waals surface area (Å²) in [5.41, 5.74) is 1.06. The molecule has 0 bridgehead atoms. The summed E-state index contributed by atoms with van der Waals surface area (Å²) in [6.07, 6.45) is 3.49. The Bertz CT molecular complexity index is 895. The van der Waals surface area contributed by atoms with Gasteiger partial charge in [0.2, 0.25) is 0 Å². The molecule has 24 heavy (non-hydrogen) atoms. The molecule has 0 spiro atoms. The largest absolute Gasteiger partial charge is 0.504 e. The molecule has 6 nitrogen and oxygen atoms in total. The maximum atomic E-state index is 11.9. The molecule has 0 saturated heterocycles. The van der Waals surface area contributed by atoms with Crippen molar-refractivity contribution in [3.63, 3.8) is 0 Å². The van der Waals surface area contributed by atoms with E-state index in [0.717, 1.165) is 0 Å². The number of rotatable bonds is 5. The van der Waals surface area contributed by atoms with Crippen LogP contribution in [0.15, 0.2) is 42.7 Å². The third-order valence-corrected chi connectivity index (χ3v) is 3.76. The van der Waals surface area contributed by atoms with Gasteiger partial charge in [-0.05, 0) is 30.3 Å². The van der Waals surface area contributed by atoms with Gasteiger partial charge >= 0.3 is 0 Å². The molecule has 0 saturated carbocycles. The van der Waals surface area contributed by atoms with Crippen LogP contribution >= 0.6 is 23.2 Å². The quantitative estimate of drug-likeness (QED) is 0.728. The van der Waals surface area contributed by atoms with Gasteiger partial charge in [-0.1, -0.05) is 23.2 Å². The molecule has 3 rings (SSSR count). The number of nitrogens with one attached hydrogen (secondary N) is 1. The number of fused-ring (bicyclic) bond motifs is 1. The molecule has 2 aromatic heterocycles. The van der Waals surface area contributed by atoms with Gasteiger partial charge in [0.05, 0.1) is 17.3 Å². The van der Waals surface area contributed by atoms with Gasteiger partial charge in [-0.2, -0.15) is 0 Å². The smallest absolute Gasteiger partial charge is 0.258 e. The lowest BCUT2D eigenvalue weighted by molar-refractivity contribution is -0.123. The van der Waals surface area contributed by atoms with Crippen LogP contribution in [0.1, 0.15) is 5.69 Å². The van der Waals surface area contributed by atoms with E-state index in [1.807, 2.05) is 0 Å². The van der Waals surface area contributed by atoms with E-state index < -0.39 is 0 Å². The van der Waals surface area contributed by atoms with Crippen LogP contribution in [-0.4, -0.2) is 27.0 Å². The standard InChI is InChI=1S/C16H13Cl2N3O3/c17-10-3-4-14(12(18)6-10)24-9-15(23)19-7-11-8-21-5-1-2-13(22)16(21)20-11/h1-6,8,22H,7,9H2,(H,19,23). The molecule has 0 aliphatic heterocycles. The van der Waals surface area contributed by atoms with Crippen molar-refractivity contribution in [3.8, 4) is 11.5 Å². The summed E-state index contributed by atoms with van der Waals surface area (Å²) in [5, 5.41) is 13.2. The van der Waals surface area contributed by atoms with E-state index in [1.54, 1.807) is 47.1 Å². The van der Waals surface area contributed by atoms with Crippen molar-refractivity contribution in [2.24, 2.45) is 0 Å². The Morgan fingerprint density at radius 2 is 2.17 bits per heavy atom. The zero-order valence-corrected chi connectivity index (χ0v) is 13.9. The number of benzene rings is 1. The summed E-state index contributed by atoms with van der Waals surface area (Å²) in [5.74, 6) is 0.145. The zero-order valence-electron chi connectivity index (χ0n) is 12.4. The van der Waals surface area contributed by atoms with Crippen molar-refractivity contribution >= 4 is 34.8 Å². The van der Waals surface area contributed by atoms with Gasteiger partial charge < -0.3 is 19.6 Å². The van der Waals surface area contributed by atoms with Gasteiger partial charge in [0, 0.05) is 17.4 Å². The minimum absolute atomic E-state index is 0.0794. The number of hydrogen-bond acceptors (Lipinski definition) is 4. The molecule has 0 aliphatic rings. The molecule has 1 aromatic carbocycles. The number of nitrogens with zero attached hydrogens (tertiary/aromatic N) is 2. The molecule has 0 atom stereocenters. The fourth-order valence-electron chi connectivity index (χ4n) is 2.11. The normalized spacial score (nSPS) is 10.8. The number of halogens is 2. The van der Waals surface area contributed by atoms with Crippen LogP contribution in [-0.2, 0) is 11.3 Å². The van der Waals surface area contributed by atoms with Gasteiger partial charge in [-0.15, -0.1) is 0 Å². The third-order valence-electron chi connectivity index (χ3n) is 3.23. The number of amides is 1. The molecule has 8 heteroatoms. The summed E-state index contributed by atoms with van der Waals surface area (Å²) < 4.78 is 7.03. The van der Waals surface area contributed by atoms with E-state index in [4.69, 9.17) is 27.9 Å². The fourth-order valence-corrected chi connectivity index (χ4v) is 2.57. The van der Waals surface area contributed by atoms with E-state index in [0.29, 0.717) is 27.1 Å². The highest BCUT2D eigenvalue weighted by atomic mass is 35.5. The van der Waals surface area contributed by atoms with Crippen LogP contribution in [0, 0.1) is 0 Å². The fraction of sp³-hybridized carbons (Fsp3) is 0.125. The average molecular weight is 366 g/mol.